The molecule has 5 nitrogen and oxygen atoms in total. The lowest BCUT2D eigenvalue weighted by Crippen LogP contribution is -3.10. The van der Waals surface area contributed by atoms with E-state index in [-0.39, 0.29) is 5.91 Å². The first kappa shape index (κ1) is 19.8. The van der Waals surface area contributed by atoms with Crippen molar-refractivity contribution in [2.75, 3.05) is 40.9 Å². The predicted octanol–water partition coefficient (Wildman–Crippen LogP) is 1.12. The van der Waals surface area contributed by atoms with Gasteiger partial charge in [0.05, 0.1) is 27.8 Å². The van der Waals surface area contributed by atoms with Crippen molar-refractivity contribution in [1.29, 1.82) is 0 Å². The summed E-state index contributed by atoms with van der Waals surface area (Å²) in [7, 11) is 5.31. The zero-order chi connectivity index (χ0) is 18.8. The van der Waals surface area contributed by atoms with Gasteiger partial charge in [0.1, 0.15) is 0 Å². The summed E-state index contributed by atoms with van der Waals surface area (Å²) in [5.74, 6) is 1.56. The number of quaternary nitrogens is 1. The summed E-state index contributed by atoms with van der Waals surface area (Å²) in [6, 6.07) is 16.1. The fourth-order valence-electron chi connectivity index (χ4n) is 2.81. The fourth-order valence-corrected chi connectivity index (χ4v) is 2.81. The summed E-state index contributed by atoms with van der Waals surface area (Å²) >= 11 is 0. The van der Waals surface area contributed by atoms with E-state index in [4.69, 9.17) is 9.47 Å². The Balaban J connectivity index is 1.71. The largest absolute Gasteiger partial charge is 0.493 e. The van der Waals surface area contributed by atoms with Crippen molar-refractivity contribution in [1.82, 2.24) is 5.32 Å². The van der Waals surface area contributed by atoms with Gasteiger partial charge in [-0.2, -0.15) is 0 Å². The number of amides is 1. The van der Waals surface area contributed by atoms with Gasteiger partial charge in [-0.1, -0.05) is 36.4 Å². The molecule has 2 N–H and O–H groups in total. The summed E-state index contributed by atoms with van der Waals surface area (Å²) in [6.07, 6.45) is 1.74. The summed E-state index contributed by atoms with van der Waals surface area (Å²) < 4.78 is 10.6. The standard InChI is InChI=1S/C21H28N2O3/c1-23(14-12-18-9-10-19(25-2)20(15-18)26-3)16-21(24)22-13-11-17-7-5-4-6-8-17/h4-10,15H,11-14,16H2,1-3H3,(H,22,24)/p+1. The van der Waals surface area contributed by atoms with Gasteiger partial charge < -0.3 is 19.7 Å². The monoisotopic (exact) mass is 357 g/mol. The van der Waals surface area contributed by atoms with Crippen LogP contribution in [0.15, 0.2) is 48.5 Å². The van der Waals surface area contributed by atoms with E-state index < -0.39 is 0 Å². The number of hydrogen-bond acceptors (Lipinski definition) is 3. The normalized spacial score (nSPS) is 11.7. The van der Waals surface area contributed by atoms with Gasteiger partial charge in [-0.3, -0.25) is 4.79 Å². The van der Waals surface area contributed by atoms with Gasteiger partial charge in [-0.15, -0.1) is 0 Å². The second kappa shape index (κ2) is 10.5. The molecule has 0 radical (unpaired) electrons. The van der Waals surface area contributed by atoms with Gasteiger partial charge in [0, 0.05) is 13.0 Å². The van der Waals surface area contributed by atoms with Gasteiger partial charge in [-0.25, -0.2) is 0 Å². The van der Waals surface area contributed by atoms with Crippen LogP contribution in [0.4, 0.5) is 0 Å². The number of hydrogen-bond donors (Lipinski definition) is 2. The van der Waals surface area contributed by atoms with Gasteiger partial charge in [0.25, 0.3) is 5.91 Å². The highest BCUT2D eigenvalue weighted by atomic mass is 16.5. The first-order valence-electron chi connectivity index (χ1n) is 8.95. The Morgan fingerprint density at radius 3 is 2.38 bits per heavy atom. The van der Waals surface area contributed by atoms with E-state index in [1.807, 2.05) is 43.4 Å². The highest BCUT2D eigenvalue weighted by molar-refractivity contribution is 5.76. The van der Waals surface area contributed by atoms with Crippen molar-refractivity contribution >= 4 is 5.91 Å². The maximum atomic E-state index is 12.1. The predicted molar refractivity (Wildman–Crippen MR) is 103 cm³/mol. The molecule has 0 fully saturated rings. The molecule has 0 aromatic heterocycles. The number of ether oxygens (including phenoxy) is 2. The van der Waals surface area contributed by atoms with Crippen LogP contribution in [0, 0.1) is 0 Å². The topological polar surface area (TPSA) is 52.0 Å². The van der Waals surface area contributed by atoms with Crippen LogP contribution in [-0.2, 0) is 17.6 Å². The molecule has 5 heteroatoms. The Morgan fingerprint density at radius 2 is 1.69 bits per heavy atom. The Bertz CT molecular complexity index is 689. The second-order valence-corrected chi connectivity index (χ2v) is 6.41. The first-order valence-corrected chi connectivity index (χ1v) is 8.95. The summed E-state index contributed by atoms with van der Waals surface area (Å²) in [5.41, 5.74) is 2.41. The number of carbonyl (C=O) groups excluding carboxylic acids is 1. The number of carbonyl (C=O) groups is 1. The Kier molecular flexibility index (Phi) is 7.96. The van der Waals surface area contributed by atoms with E-state index in [9.17, 15) is 4.79 Å². The quantitative estimate of drug-likeness (QED) is 0.670. The Labute approximate surface area is 155 Å². The van der Waals surface area contributed by atoms with Crippen molar-refractivity contribution in [2.24, 2.45) is 0 Å². The highest BCUT2D eigenvalue weighted by Crippen LogP contribution is 2.27. The van der Waals surface area contributed by atoms with E-state index in [1.165, 1.54) is 16.0 Å². The molecule has 2 aromatic rings. The van der Waals surface area contributed by atoms with Crippen molar-refractivity contribution in [2.45, 2.75) is 12.8 Å². The third-order valence-corrected chi connectivity index (χ3v) is 4.33. The molecule has 0 aliphatic rings. The highest BCUT2D eigenvalue weighted by Gasteiger charge is 2.11. The molecule has 0 aliphatic heterocycles. The van der Waals surface area contributed by atoms with Crippen molar-refractivity contribution < 1.29 is 19.2 Å². The lowest BCUT2D eigenvalue weighted by molar-refractivity contribution is -0.871. The third-order valence-electron chi connectivity index (χ3n) is 4.33. The number of likely N-dealkylation sites (N-methyl/N-ethyl adjacent to an activating group) is 1. The Hall–Kier alpha value is -2.53. The maximum Gasteiger partial charge on any atom is 0.275 e. The Morgan fingerprint density at radius 1 is 0.962 bits per heavy atom. The third kappa shape index (κ3) is 6.41. The van der Waals surface area contributed by atoms with Gasteiger partial charge in [-0.05, 0) is 29.7 Å². The summed E-state index contributed by atoms with van der Waals surface area (Å²) in [6.45, 7) is 2.02. The molecule has 0 saturated heterocycles. The molecule has 2 aromatic carbocycles. The summed E-state index contributed by atoms with van der Waals surface area (Å²) in [4.78, 5) is 13.2. The van der Waals surface area contributed by atoms with Crippen molar-refractivity contribution in [3.05, 3.63) is 59.7 Å². The van der Waals surface area contributed by atoms with E-state index in [2.05, 4.69) is 17.4 Å². The zero-order valence-corrected chi connectivity index (χ0v) is 15.9. The smallest absolute Gasteiger partial charge is 0.275 e. The molecule has 0 spiro atoms. The number of nitrogens with one attached hydrogen (secondary N) is 2. The van der Waals surface area contributed by atoms with Crippen molar-refractivity contribution in [3.63, 3.8) is 0 Å². The molecule has 2 rings (SSSR count). The van der Waals surface area contributed by atoms with Crippen LogP contribution in [0.2, 0.25) is 0 Å². The molecule has 1 unspecified atom stereocenters. The molecule has 140 valence electrons. The van der Waals surface area contributed by atoms with Crippen LogP contribution in [0.1, 0.15) is 11.1 Å². The number of rotatable bonds is 10. The van der Waals surface area contributed by atoms with Crippen LogP contribution in [0.3, 0.4) is 0 Å². The average Bonchev–Trinajstić information content (AvgIpc) is 2.67. The average molecular weight is 357 g/mol. The second-order valence-electron chi connectivity index (χ2n) is 6.41. The fraction of sp³-hybridized carbons (Fsp3) is 0.381. The SMILES string of the molecule is COc1ccc(CC[NH+](C)CC(=O)NCCc2ccccc2)cc1OC. The lowest BCUT2D eigenvalue weighted by Gasteiger charge is -2.15. The van der Waals surface area contributed by atoms with Crippen LogP contribution in [0.25, 0.3) is 0 Å². The lowest BCUT2D eigenvalue weighted by atomic mass is 10.1. The minimum atomic E-state index is 0.0887. The molecule has 0 bridgehead atoms. The molecule has 26 heavy (non-hydrogen) atoms. The van der Waals surface area contributed by atoms with Crippen molar-refractivity contribution in [3.8, 4) is 11.5 Å². The molecule has 1 amide bonds. The molecular weight excluding hydrogens is 328 g/mol. The van der Waals surface area contributed by atoms with Gasteiger partial charge in [0.2, 0.25) is 0 Å². The van der Waals surface area contributed by atoms with Crippen LogP contribution >= 0.6 is 0 Å². The molecule has 0 aliphatic carbocycles. The van der Waals surface area contributed by atoms with E-state index in [1.54, 1.807) is 14.2 Å². The maximum absolute atomic E-state index is 12.1. The van der Waals surface area contributed by atoms with E-state index in [0.717, 1.165) is 30.9 Å². The molecule has 0 heterocycles. The number of methoxy groups -OCH3 is 2. The summed E-state index contributed by atoms with van der Waals surface area (Å²) in [5, 5.41) is 3.00. The van der Waals surface area contributed by atoms with Crippen LogP contribution in [0.5, 0.6) is 11.5 Å². The van der Waals surface area contributed by atoms with Gasteiger partial charge >= 0.3 is 0 Å². The molecular formula is C21H29N2O3+. The first-order chi connectivity index (χ1) is 12.6. The minimum absolute atomic E-state index is 0.0887. The van der Waals surface area contributed by atoms with E-state index in [0.29, 0.717) is 13.1 Å². The zero-order valence-electron chi connectivity index (χ0n) is 15.9. The minimum Gasteiger partial charge on any atom is -0.493 e. The molecule has 0 saturated carbocycles. The van der Waals surface area contributed by atoms with E-state index >= 15 is 0 Å². The van der Waals surface area contributed by atoms with Crippen LogP contribution in [-0.4, -0.2) is 46.8 Å². The molecule has 1 atom stereocenters. The van der Waals surface area contributed by atoms with Crippen LogP contribution < -0.4 is 19.7 Å². The van der Waals surface area contributed by atoms with Gasteiger partial charge in [0.15, 0.2) is 18.0 Å². The number of benzene rings is 2.